The predicted molar refractivity (Wildman–Crippen MR) is 143 cm³/mol. The Morgan fingerprint density at radius 3 is 2.26 bits per heavy atom. The highest BCUT2D eigenvalue weighted by molar-refractivity contribution is 7.92. The van der Waals surface area contributed by atoms with E-state index in [1.807, 2.05) is 13.8 Å². The molecule has 0 aliphatic rings. The lowest BCUT2D eigenvalue weighted by atomic mass is 10.1. The third kappa shape index (κ3) is 7.74. The van der Waals surface area contributed by atoms with Gasteiger partial charge in [0.2, 0.25) is 21.8 Å². The standard InChI is InChI=1S/C24H30Cl3N3O4S/c1-6-15(2)28-24(32)17(4)29(13-18-10-11-20(26)21(27)12-18)23(31)14-30(35(5,33)34)22-9-7-8-19(25)16(22)3/h7-12,15,17H,6,13-14H2,1-5H3,(H,28,32)/t15-,17-/m1/s1. The first-order chi connectivity index (χ1) is 16.3. The first kappa shape index (κ1) is 29.2. The van der Waals surface area contributed by atoms with Crippen LogP contribution < -0.4 is 9.62 Å². The highest BCUT2D eigenvalue weighted by atomic mass is 35.5. The van der Waals surface area contributed by atoms with Gasteiger partial charge in [0.15, 0.2) is 0 Å². The molecule has 2 amide bonds. The summed E-state index contributed by atoms with van der Waals surface area (Å²) < 4.78 is 26.4. The number of benzene rings is 2. The van der Waals surface area contributed by atoms with Crippen LogP contribution >= 0.6 is 34.8 Å². The van der Waals surface area contributed by atoms with Crippen molar-refractivity contribution in [3.8, 4) is 0 Å². The van der Waals surface area contributed by atoms with Crippen LogP contribution in [0.2, 0.25) is 15.1 Å². The molecule has 0 aliphatic heterocycles. The van der Waals surface area contributed by atoms with E-state index in [0.717, 1.165) is 17.0 Å². The summed E-state index contributed by atoms with van der Waals surface area (Å²) >= 11 is 18.4. The van der Waals surface area contributed by atoms with Crippen molar-refractivity contribution in [3.63, 3.8) is 0 Å². The minimum atomic E-state index is -3.85. The Morgan fingerprint density at radius 1 is 1.03 bits per heavy atom. The fraction of sp³-hybridized carbons (Fsp3) is 0.417. The third-order valence-corrected chi connectivity index (χ3v) is 7.97. The highest BCUT2D eigenvalue weighted by Crippen LogP contribution is 2.29. The number of anilines is 1. The van der Waals surface area contributed by atoms with Crippen molar-refractivity contribution in [1.29, 1.82) is 0 Å². The van der Waals surface area contributed by atoms with Crippen LogP contribution in [-0.4, -0.2) is 50.0 Å². The molecule has 0 heterocycles. The van der Waals surface area contributed by atoms with Crippen LogP contribution in [0.5, 0.6) is 0 Å². The SMILES string of the molecule is CC[C@@H](C)NC(=O)[C@@H](C)N(Cc1ccc(Cl)c(Cl)c1)C(=O)CN(c1cccc(Cl)c1C)S(C)(=O)=O. The zero-order chi connectivity index (χ0) is 26.5. The summed E-state index contributed by atoms with van der Waals surface area (Å²) in [4.78, 5) is 27.8. The maximum Gasteiger partial charge on any atom is 0.244 e. The van der Waals surface area contributed by atoms with Gasteiger partial charge in [-0.1, -0.05) is 53.9 Å². The molecule has 0 spiro atoms. The van der Waals surface area contributed by atoms with Crippen LogP contribution in [0.4, 0.5) is 5.69 Å². The number of carbonyl (C=O) groups excluding carboxylic acids is 2. The number of rotatable bonds is 10. The summed E-state index contributed by atoms with van der Waals surface area (Å²) in [6.07, 6.45) is 1.73. The highest BCUT2D eigenvalue weighted by Gasteiger charge is 2.31. The fourth-order valence-corrected chi connectivity index (χ4v) is 4.73. The Morgan fingerprint density at radius 2 is 1.69 bits per heavy atom. The first-order valence-corrected chi connectivity index (χ1v) is 14.0. The van der Waals surface area contributed by atoms with Gasteiger partial charge in [-0.15, -0.1) is 0 Å². The number of hydrogen-bond acceptors (Lipinski definition) is 4. The molecule has 2 aromatic rings. The molecule has 0 radical (unpaired) electrons. The summed E-state index contributed by atoms with van der Waals surface area (Å²) in [7, 11) is -3.85. The van der Waals surface area contributed by atoms with Gasteiger partial charge in [0.05, 0.1) is 22.0 Å². The van der Waals surface area contributed by atoms with Gasteiger partial charge in [-0.3, -0.25) is 13.9 Å². The van der Waals surface area contributed by atoms with Gasteiger partial charge >= 0.3 is 0 Å². The van der Waals surface area contributed by atoms with Crippen LogP contribution in [0.15, 0.2) is 36.4 Å². The number of nitrogens with zero attached hydrogens (tertiary/aromatic N) is 2. The molecule has 0 saturated carbocycles. The number of halogens is 3. The van der Waals surface area contributed by atoms with E-state index in [-0.39, 0.29) is 18.5 Å². The van der Waals surface area contributed by atoms with Crippen molar-refractivity contribution in [2.24, 2.45) is 0 Å². The molecule has 0 unspecified atom stereocenters. The lowest BCUT2D eigenvalue weighted by Gasteiger charge is -2.32. The van der Waals surface area contributed by atoms with Crippen LogP contribution in [0.3, 0.4) is 0 Å². The number of hydrogen-bond donors (Lipinski definition) is 1. The maximum absolute atomic E-state index is 13.6. The average molecular weight is 563 g/mol. The molecular weight excluding hydrogens is 533 g/mol. The van der Waals surface area contributed by atoms with Crippen LogP contribution in [0.1, 0.15) is 38.3 Å². The normalized spacial score (nSPS) is 13.1. The maximum atomic E-state index is 13.6. The lowest BCUT2D eigenvalue weighted by Crippen LogP contribution is -2.52. The number of sulfonamides is 1. The van der Waals surface area contributed by atoms with Crippen LogP contribution in [0, 0.1) is 6.92 Å². The van der Waals surface area contributed by atoms with Crippen molar-refractivity contribution < 1.29 is 18.0 Å². The first-order valence-electron chi connectivity index (χ1n) is 11.0. The zero-order valence-corrected chi connectivity index (χ0v) is 23.4. The van der Waals surface area contributed by atoms with Crippen molar-refractivity contribution in [2.45, 2.75) is 52.7 Å². The van der Waals surface area contributed by atoms with Gasteiger partial charge in [-0.05, 0) is 62.6 Å². The van der Waals surface area contributed by atoms with E-state index in [4.69, 9.17) is 34.8 Å². The second-order valence-electron chi connectivity index (χ2n) is 8.42. The molecule has 2 atom stereocenters. The Bertz CT molecular complexity index is 1190. The summed E-state index contributed by atoms with van der Waals surface area (Å²) in [5, 5.41) is 3.91. The summed E-state index contributed by atoms with van der Waals surface area (Å²) in [6.45, 7) is 6.59. The smallest absolute Gasteiger partial charge is 0.244 e. The quantitative estimate of drug-likeness (QED) is 0.439. The minimum absolute atomic E-state index is 0.0247. The zero-order valence-electron chi connectivity index (χ0n) is 20.3. The van der Waals surface area contributed by atoms with Crippen molar-refractivity contribution in [1.82, 2.24) is 10.2 Å². The molecular formula is C24H30Cl3N3O4S. The van der Waals surface area contributed by atoms with Gasteiger partial charge in [0.25, 0.3) is 0 Å². The summed E-state index contributed by atoms with van der Waals surface area (Å²) in [5.74, 6) is -0.912. The van der Waals surface area contributed by atoms with E-state index in [0.29, 0.717) is 31.9 Å². The second-order valence-corrected chi connectivity index (χ2v) is 11.5. The van der Waals surface area contributed by atoms with Gasteiger partial charge in [0.1, 0.15) is 12.6 Å². The number of carbonyl (C=O) groups is 2. The molecule has 1 N–H and O–H groups in total. The third-order valence-electron chi connectivity index (χ3n) is 5.69. The van der Waals surface area contributed by atoms with Gasteiger partial charge in [0, 0.05) is 17.6 Å². The molecule has 2 aromatic carbocycles. The van der Waals surface area contributed by atoms with E-state index in [1.165, 1.54) is 4.90 Å². The monoisotopic (exact) mass is 561 g/mol. The molecule has 0 aliphatic carbocycles. The van der Waals surface area contributed by atoms with E-state index in [1.54, 1.807) is 50.2 Å². The topological polar surface area (TPSA) is 86.8 Å². The average Bonchev–Trinajstić information content (AvgIpc) is 2.78. The molecule has 2 rings (SSSR count). The molecule has 0 saturated heterocycles. The summed E-state index contributed by atoms with van der Waals surface area (Å²) in [5.41, 5.74) is 1.45. The molecule has 11 heteroatoms. The van der Waals surface area contributed by atoms with Crippen molar-refractivity contribution in [3.05, 3.63) is 62.6 Å². The van der Waals surface area contributed by atoms with E-state index in [2.05, 4.69) is 5.32 Å². The van der Waals surface area contributed by atoms with Crippen molar-refractivity contribution in [2.75, 3.05) is 17.1 Å². The minimum Gasteiger partial charge on any atom is -0.352 e. The molecule has 192 valence electrons. The molecule has 7 nitrogen and oxygen atoms in total. The Kier molecular flexibility index (Phi) is 10.3. The lowest BCUT2D eigenvalue weighted by molar-refractivity contribution is -0.139. The fourth-order valence-electron chi connectivity index (χ4n) is 3.34. The summed E-state index contributed by atoms with van der Waals surface area (Å²) in [6, 6.07) is 8.77. The number of amides is 2. The predicted octanol–water partition coefficient (Wildman–Crippen LogP) is 5.05. The van der Waals surface area contributed by atoms with E-state index < -0.39 is 28.5 Å². The molecule has 0 bridgehead atoms. The van der Waals surface area contributed by atoms with Crippen LogP contribution in [-0.2, 0) is 26.2 Å². The van der Waals surface area contributed by atoms with Gasteiger partial charge < -0.3 is 10.2 Å². The molecule has 0 aromatic heterocycles. The molecule has 0 fully saturated rings. The second kappa shape index (κ2) is 12.3. The van der Waals surface area contributed by atoms with E-state index >= 15 is 0 Å². The Hall–Kier alpha value is -2.00. The Balaban J connectivity index is 2.45. The van der Waals surface area contributed by atoms with Gasteiger partial charge in [-0.2, -0.15) is 0 Å². The van der Waals surface area contributed by atoms with Gasteiger partial charge in [-0.25, -0.2) is 8.42 Å². The largest absolute Gasteiger partial charge is 0.352 e. The van der Waals surface area contributed by atoms with Crippen molar-refractivity contribution >= 4 is 62.3 Å². The molecule has 35 heavy (non-hydrogen) atoms. The van der Waals surface area contributed by atoms with E-state index in [9.17, 15) is 18.0 Å². The van der Waals surface area contributed by atoms with Crippen LogP contribution in [0.25, 0.3) is 0 Å². The Labute approximate surface area is 222 Å². The number of nitrogens with one attached hydrogen (secondary N) is 1.